The molecule has 0 radical (unpaired) electrons. The molecule has 104 valence electrons. The van der Waals surface area contributed by atoms with E-state index < -0.39 is 0 Å². The molecule has 0 amide bonds. The Labute approximate surface area is 134 Å². The normalized spacial score (nSPS) is 21.1. The Hall–Kier alpha value is -0.870. The average Bonchev–Trinajstić information content (AvgIpc) is 2.83. The molecule has 0 spiro atoms. The van der Waals surface area contributed by atoms with Gasteiger partial charge in [0.05, 0.1) is 3.92 Å². The molecule has 1 atom stereocenters. The van der Waals surface area contributed by atoms with Crippen molar-refractivity contribution in [3.8, 4) is 0 Å². The molecule has 3 rings (SSSR count). The summed E-state index contributed by atoms with van der Waals surface area (Å²) in [6, 6.07) is 17.6. The van der Waals surface area contributed by atoms with Gasteiger partial charge in [-0.15, -0.1) is 0 Å². The maximum atomic E-state index is 6.30. The molecule has 2 aromatic carbocycles. The van der Waals surface area contributed by atoms with E-state index in [-0.39, 0.29) is 5.60 Å². The second-order valence-electron chi connectivity index (χ2n) is 5.57. The zero-order valence-corrected chi connectivity index (χ0v) is 14.1. The van der Waals surface area contributed by atoms with Crippen LogP contribution in [-0.4, -0.2) is 10.5 Å². The van der Waals surface area contributed by atoms with Crippen LogP contribution in [-0.2, 0) is 10.3 Å². The van der Waals surface area contributed by atoms with E-state index in [0.717, 1.165) is 13.0 Å². The van der Waals surface area contributed by atoms with Crippen LogP contribution in [0.15, 0.2) is 48.5 Å². The van der Waals surface area contributed by atoms with Crippen LogP contribution in [0, 0.1) is 13.8 Å². The van der Waals surface area contributed by atoms with Crippen LogP contribution in [0.4, 0.5) is 0 Å². The summed E-state index contributed by atoms with van der Waals surface area (Å²) in [7, 11) is 0. The Kier molecular flexibility index (Phi) is 3.87. The summed E-state index contributed by atoms with van der Waals surface area (Å²) >= 11 is 2.55. The molecule has 1 heterocycles. The van der Waals surface area contributed by atoms with E-state index in [1.807, 2.05) is 0 Å². The highest BCUT2D eigenvalue weighted by atomic mass is 127. The van der Waals surface area contributed by atoms with Crippen LogP contribution in [0.5, 0.6) is 0 Å². The predicted octanol–water partition coefficient (Wildman–Crippen LogP) is 4.77. The van der Waals surface area contributed by atoms with Crippen LogP contribution in [0.2, 0.25) is 0 Å². The summed E-state index contributed by atoms with van der Waals surface area (Å²) in [5.74, 6) is 0. The lowest BCUT2D eigenvalue weighted by Gasteiger charge is -2.33. The first kappa shape index (κ1) is 14.1. The number of aryl methyl sites for hydroxylation is 2. The molecule has 0 bridgehead atoms. The molecule has 0 N–H and O–H groups in total. The first-order valence-corrected chi connectivity index (χ1v) is 8.30. The Bertz CT molecular complexity index is 540. The molecule has 1 nitrogen and oxygen atoms in total. The van der Waals surface area contributed by atoms with Crippen molar-refractivity contribution in [3.05, 3.63) is 70.8 Å². The summed E-state index contributed by atoms with van der Waals surface area (Å²) in [5.41, 5.74) is 4.82. The molecule has 2 heteroatoms. The van der Waals surface area contributed by atoms with Gasteiger partial charge in [-0.05, 0) is 31.4 Å². The fraction of sp³-hybridized carbons (Fsp3) is 0.333. The van der Waals surface area contributed by atoms with E-state index >= 15 is 0 Å². The lowest BCUT2D eigenvalue weighted by atomic mass is 9.83. The average molecular weight is 378 g/mol. The lowest BCUT2D eigenvalue weighted by molar-refractivity contribution is 0.0408. The maximum Gasteiger partial charge on any atom is 0.130 e. The van der Waals surface area contributed by atoms with E-state index in [1.165, 1.54) is 22.3 Å². The monoisotopic (exact) mass is 378 g/mol. The molecule has 0 saturated carbocycles. The summed E-state index contributed by atoms with van der Waals surface area (Å²) in [5, 5.41) is 0. The largest absolute Gasteiger partial charge is 0.364 e. The lowest BCUT2D eigenvalue weighted by Crippen LogP contribution is -2.34. The molecular weight excluding hydrogens is 359 g/mol. The topological polar surface area (TPSA) is 9.23 Å². The van der Waals surface area contributed by atoms with Crippen molar-refractivity contribution >= 4 is 22.6 Å². The van der Waals surface area contributed by atoms with Crippen molar-refractivity contribution in [2.75, 3.05) is 6.61 Å². The highest BCUT2D eigenvalue weighted by Gasteiger charge is 2.45. The number of benzene rings is 2. The predicted molar refractivity (Wildman–Crippen MR) is 91.5 cm³/mol. The van der Waals surface area contributed by atoms with Crippen molar-refractivity contribution in [1.82, 2.24) is 0 Å². The van der Waals surface area contributed by atoms with Crippen molar-refractivity contribution in [1.29, 1.82) is 0 Å². The zero-order valence-electron chi connectivity index (χ0n) is 11.9. The third kappa shape index (κ3) is 2.29. The van der Waals surface area contributed by atoms with Crippen LogP contribution >= 0.6 is 22.6 Å². The van der Waals surface area contributed by atoms with Gasteiger partial charge in [-0.1, -0.05) is 82.2 Å². The standard InChI is InChI=1S/C18H19IO/c1-13-3-7-15(8-4-13)18(17(19)11-12-20-18)16-9-5-14(2)6-10-16/h3-10,17H,11-12H2,1-2H3. The van der Waals surface area contributed by atoms with Crippen LogP contribution < -0.4 is 0 Å². The maximum absolute atomic E-state index is 6.30. The molecule has 1 aliphatic heterocycles. The number of alkyl halides is 1. The molecule has 1 aliphatic rings. The summed E-state index contributed by atoms with van der Waals surface area (Å²) < 4.78 is 6.76. The molecule has 0 aromatic heterocycles. The highest BCUT2D eigenvalue weighted by Crippen LogP contribution is 2.46. The Balaban J connectivity index is 2.14. The first-order chi connectivity index (χ1) is 9.63. The van der Waals surface area contributed by atoms with Gasteiger partial charge in [0.2, 0.25) is 0 Å². The summed E-state index contributed by atoms with van der Waals surface area (Å²) in [4.78, 5) is 0. The number of ether oxygens (including phenoxy) is 1. The zero-order chi connectivity index (χ0) is 14.2. The first-order valence-electron chi connectivity index (χ1n) is 7.05. The SMILES string of the molecule is Cc1ccc(C2(c3ccc(C)cc3)OCCC2I)cc1. The van der Waals surface area contributed by atoms with Crippen molar-refractivity contribution in [2.24, 2.45) is 0 Å². The van der Waals surface area contributed by atoms with Gasteiger partial charge >= 0.3 is 0 Å². The minimum Gasteiger partial charge on any atom is -0.364 e. The van der Waals surface area contributed by atoms with Crippen LogP contribution in [0.3, 0.4) is 0 Å². The molecule has 1 unspecified atom stereocenters. The van der Waals surface area contributed by atoms with Gasteiger partial charge in [0, 0.05) is 6.61 Å². The quantitative estimate of drug-likeness (QED) is 0.540. The second-order valence-corrected chi connectivity index (χ2v) is 7.08. The van der Waals surface area contributed by atoms with Crippen LogP contribution in [0.25, 0.3) is 0 Å². The van der Waals surface area contributed by atoms with Gasteiger partial charge in [0.15, 0.2) is 0 Å². The highest BCUT2D eigenvalue weighted by molar-refractivity contribution is 14.1. The van der Waals surface area contributed by atoms with Gasteiger partial charge < -0.3 is 4.74 Å². The van der Waals surface area contributed by atoms with Crippen molar-refractivity contribution in [2.45, 2.75) is 29.8 Å². The summed E-state index contributed by atoms with van der Waals surface area (Å²) in [6.07, 6.45) is 1.10. The Morgan fingerprint density at radius 3 is 1.70 bits per heavy atom. The van der Waals surface area contributed by atoms with E-state index in [2.05, 4.69) is 85.0 Å². The second kappa shape index (κ2) is 5.49. The number of halogens is 1. The number of hydrogen-bond acceptors (Lipinski definition) is 1. The van der Waals surface area contributed by atoms with Gasteiger partial charge in [-0.3, -0.25) is 0 Å². The van der Waals surface area contributed by atoms with Gasteiger partial charge in [0.25, 0.3) is 0 Å². The van der Waals surface area contributed by atoms with E-state index in [0.29, 0.717) is 3.92 Å². The van der Waals surface area contributed by atoms with E-state index in [1.54, 1.807) is 0 Å². The van der Waals surface area contributed by atoms with Gasteiger partial charge in [-0.25, -0.2) is 0 Å². The fourth-order valence-corrected chi connectivity index (χ4v) is 4.07. The molecule has 20 heavy (non-hydrogen) atoms. The van der Waals surface area contributed by atoms with E-state index in [4.69, 9.17) is 4.74 Å². The van der Waals surface area contributed by atoms with Gasteiger partial charge in [0.1, 0.15) is 5.60 Å². The smallest absolute Gasteiger partial charge is 0.130 e. The Morgan fingerprint density at radius 2 is 1.35 bits per heavy atom. The fourth-order valence-electron chi connectivity index (χ4n) is 2.91. The molecule has 1 fully saturated rings. The third-order valence-corrected chi connectivity index (χ3v) is 5.60. The van der Waals surface area contributed by atoms with Gasteiger partial charge in [-0.2, -0.15) is 0 Å². The van der Waals surface area contributed by atoms with Crippen molar-refractivity contribution in [3.63, 3.8) is 0 Å². The molecule has 2 aromatic rings. The van der Waals surface area contributed by atoms with Crippen LogP contribution in [0.1, 0.15) is 28.7 Å². The minimum absolute atomic E-state index is 0.290. The summed E-state index contributed by atoms with van der Waals surface area (Å²) in [6.45, 7) is 5.08. The van der Waals surface area contributed by atoms with Crippen molar-refractivity contribution < 1.29 is 4.74 Å². The minimum atomic E-state index is -0.290. The number of hydrogen-bond donors (Lipinski definition) is 0. The van der Waals surface area contributed by atoms with E-state index in [9.17, 15) is 0 Å². The molecular formula is C18H19IO. The molecule has 1 saturated heterocycles. The molecule has 0 aliphatic carbocycles. The number of rotatable bonds is 2. The Morgan fingerprint density at radius 1 is 0.900 bits per heavy atom. The third-order valence-electron chi connectivity index (χ3n) is 4.10.